The summed E-state index contributed by atoms with van der Waals surface area (Å²) in [6, 6.07) is 3.09. The molecule has 3 rings (SSSR count). The Morgan fingerprint density at radius 3 is 2.75 bits per heavy atom. The van der Waals surface area contributed by atoms with Gasteiger partial charge in [0, 0.05) is 24.3 Å². The first-order valence-electron chi connectivity index (χ1n) is 7.81. The lowest BCUT2D eigenvalue weighted by Gasteiger charge is -2.19. The van der Waals surface area contributed by atoms with Crippen molar-refractivity contribution >= 4 is 38.8 Å². The SMILES string of the molecule is Cc1nc2c(c(NCCNS(=O)(=O)c3ccc(Cl)s3)n1)CCCC2. The summed E-state index contributed by atoms with van der Waals surface area (Å²) in [4.78, 5) is 8.98. The highest BCUT2D eigenvalue weighted by Crippen LogP contribution is 2.26. The Morgan fingerprint density at radius 1 is 1.21 bits per heavy atom. The van der Waals surface area contributed by atoms with Gasteiger partial charge in [-0.2, -0.15) is 0 Å². The van der Waals surface area contributed by atoms with Crippen LogP contribution in [0.3, 0.4) is 0 Å². The summed E-state index contributed by atoms with van der Waals surface area (Å²) in [7, 11) is -3.51. The van der Waals surface area contributed by atoms with Gasteiger partial charge in [0.2, 0.25) is 10.0 Å². The quantitative estimate of drug-likeness (QED) is 0.746. The van der Waals surface area contributed by atoms with Crippen LogP contribution in [0.4, 0.5) is 5.82 Å². The number of halogens is 1. The maximum absolute atomic E-state index is 12.1. The Labute approximate surface area is 150 Å². The summed E-state index contributed by atoms with van der Waals surface area (Å²) in [5.74, 6) is 1.57. The van der Waals surface area contributed by atoms with Crippen molar-refractivity contribution in [1.29, 1.82) is 0 Å². The minimum atomic E-state index is -3.51. The maximum Gasteiger partial charge on any atom is 0.250 e. The molecule has 24 heavy (non-hydrogen) atoms. The third-order valence-electron chi connectivity index (χ3n) is 3.82. The molecule has 6 nitrogen and oxygen atoms in total. The normalized spacial score (nSPS) is 14.4. The lowest BCUT2D eigenvalue weighted by molar-refractivity contribution is 0.585. The van der Waals surface area contributed by atoms with Gasteiger partial charge in [0.25, 0.3) is 0 Å². The number of aromatic nitrogens is 2. The molecular weight excluding hydrogens is 368 g/mol. The van der Waals surface area contributed by atoms with E-state index in [-0.39, 0.29) is 10.8 Å². The molecule has 0 saturated heterocycles. The van der Waals surface area contributed by atoms with Crippen LogP contribution in [0.15, 0.2) is 16.3 Å². The van der Waals surface area contributed by atoms with Crippen LogP contribution in [-0.2, 0) is 22.9 Å². The second kappa shape index (κ2) is 7.35. The average Bonchev–Trinajstić information content (AvgIpc) is 2.99. The van der Waals surface area contributed by atoms with Gasteiger partial charge in [0.15, 0.2) is 0 Å². The first-order chi connectivity index (χ1) is 11.5. The molecule has 2 N–H and O–H groups in total. The van der Waals surface area contributed by atoms with Crippen molar-refractivity contribution in [2.24, 2.45) is 0 Å². The van der Waals surface area contributed by atoms with Gasteiger partial charge in [-0.15, -0.1) is 11.3 Å². The first kappa shape index (κ1) is 17.6. The maximum atomic E-state index is 12.1. The van der Waals surface area contributed by atoms with Gasteiger partial charge in [-0.05, 0) is 44.7 Å². The van der Waals surface area contributed by atoms with Crippen LogP contribution < -0.4 is 10.0 Å². The van der Waals surface area contributed by atoms with Crippen LogP contribution in [0.1, 0.15) is 29.9 Å². The molecule has 2 heterocycles. The molecule has 0 saturated carbocycles. The molecule has 0 aromatic carbocycles. The molecule has 0 radical (unpaired) electrons. The van der Waals surface area contributed by atoms with E-state index in [0.717, 1.165) is 54.4 Å². The molecular formula is C15H19ClN4O2S2. The average molecular weight is 387 g/mol. The van der Waals surface area contributed by atoms with Crippen molar-refractivity contribution in [2.75, 3.05) is 18.4 Å². The smallest absolute Gasteiger partial charge is 0.250 e. The van der Waals surface area contributed by atoms with E-state index >= 15 is 0 Å². The fraction of sp³-hybridized carbons (Fsp3) is 0.467. The predicted octanol–water partition coefficient (Wildman–Crippen LogP) is 2.77. The zero-order valence-corrected chi connectivity index (χ0v) is 15.7. The number of thiophene rings is 1. The monoisotopic (exact) mass is 386 g/mol. The van der Waals surface area contributed by atoms with Crippen molar-refractivity contribution in [3.05, 3.63) is 33.6 Å². The number of anilines is 1. The van der Waals surface area contributed by atoms with E-state index in [1.165, 1.54) is 11.6 Å². The van der Waals surface area contributed by atoms with Gasteiger partial charge in [-0.1, -0.05) is 11.6 Å². The third kappa shape index (κ3) is 4.05. The highest BCUT2D eigenvalue weighted by atomic mass is 35.5. The second-order valence-corrected chi connectivity index (χ2v) is 9.34. The number of fused-ring (bicyclic) bond motifs is 1. The summed E-state index contributed by atoms with van der Waals surface area (Å²) in [6.07, 6.45) is 4.25. The summed E-state index contributed by atoms with van der Waals surface area (Å²) in [6.45, 7) is 2.61. The number of nitrogens with zero attached hydrogens (tertiary/aromatic N) is 2. The Bertz CT molecular complexity index is 836. The van der Waals surface area contributed by atoms with E-state index in [4.69, 9.17) is 11.6 Å². The third-order valence-corrected chi connectivity index (χ3v) is 7.00. The number of sulfonamides is 1. The molecule has 2 aromatic rings. The highest BCUT2D eigenvalue weighted by Gasteiger charge is 2.18. The van der Waals surface area contributed by atoms with Crippen molar-refractivity contribution < 1.29 is 8.42 Å². The number of nitrogens with one attached hydrogen (secondary N) is 2. The summed E-state index contributed by atoms with van der Waals surface area (Å²) in [5.41, 5.74) is 2.28. The number of hydrogen-bond donors (Lipinski definition) is 2. The second-order valence-electron chi connectivity index (χ2n) is 5.63. The Balaban J connectivity index is 1.60. The van der Waals surface area contributed by atoms with Gasteiger partial charge >= 0.3 is 0 Å². The summed E-state index contributed by atoms with van der Waals surface area (Å²) in [5, 5.41) is 3.24. The van der Waals surface area contributed by atoms with E-state index in [9.17, 15) is 8.42 Å². The molecule has 0 fully saturated rings. The van der Waals surface area contributed by atoms with Crippen LogP contribution in [0, 0.1) is 6.92 Å². The van der Waals surface area contributed by atoms with Crippen molar-refractivity contribution in [2.45, 2.75) is 36.8 Å². The van der Waals surface area contributed by atoms with Crippen molar-refractivity contribution in [3.8, 4) is 0 Å². The van der Waals surface area contributed by atoms with Crippen LogP contribution >= 0.6 is 22.9 Å². The number of rotatable bonds is 6. The standard InChI is InChI=1S/C15H19ClN4O2S2/c1-10-19-12-5-3-2-4-11(12)15(20-10)17-8-9-18-24(21,22)14-7-6-13(16)23-14/h6-7,18H,2-5,8-9H2,1H3,(H,17,19,20). The van der Waals surface area contributed by atoms with Gasteiger partial charge < -0.3 is 5.32 Å². The van der Waals surface area contributed by atoms with Gasteiger partial charge in [-0.25, -0.2) is 23.1 Å². The van der Waals surface area contributed by atoms with E-state index < -0.39 is 10.0 Å². The summed E-state index contributed by atoms with van der Waals surface area (Å²) >= 11 is 6.83. The molecule has 0 spiro atoms. The topological polar surface area (TPSA) is 84.0 Å². The van der Waals surface area contributed by atoms with Crippen LogP contribution in [0.2, 0.25) is 4.34 Å². The molecule has 0 atom stereocenters. The fourth-order valence-electron chi connectivity index (χ4n) is 2.74. The molecule has 9 heteroatoms. The van der Waals surface area contributed by atoms with E-state index in [1.807, 2.05) is 6.92 Å². The van der Waals surface area contributed by atoms with E-state index in [0.29, 0.717) is 10.9 Å². The minimum absolute atomic E-state index is 0.225. The Kier molecular flexibility index (Phi) is 5.39. The first-order valence-corrected chi connectivity index (χ1v) is 10.5. The lowest BCUT2D eigenvalue weighted by atomic mass is 9.96. The minimum Gasteiger partial charge on any atom is -0.368 e. The molecule has 0 bridgehead atoms. The zero-order chi connectivity index (χ0) is 17.2. The van der Waals surface area contributed by atoms with Gasteiger partial charge in [0.05, 0.1) is 4.34 Å². The van der Waals surface area contributed by atoms with Crippen LogP contribution in [0.5, 0.6) is 0 Å². The molecule has 130 valence electrons. The van der Waals surface area contributed by atoms with E-state index in [1.54, 1.807) is 6.07 Å². The zero-order valence-electron chi connectivity index (χ0n) is 13.3. The molecule has 0 aliphatic heterocycles. The molecule has 0 amide bonds. The number of aryl methyl sites for hydroxylation is 2. The van der Waals surface area contributed by atoms with Gasteiger partial charge in [-0.3, -0.25) is 0 Å². The van der Waals surface area contributed by atoms with Crippen molar-refractivity contribution in [1.82, 2.24) is 14.7 Å². The van der Waals surface area contributed by atoms with Crippen molar-refractivity contribution in [3.63, 3.8) is 0 Å². The van der Waals surface area contributed by atoms with Gasteiger partial charge in [0.1, 0.15) is 15.9 Å². The molecule has 2 aromatic heterocycles. The fourth-order valence-corrected chi connectivity index (χ4v) is 5.30. The summed E-state index contributed by atoms with van der Waals surface area (Å²) < 4.78 is 27.5. The molecule has 0 unspecified atom stereocenters. The Hall–Kier alpha value is -1.22. The van der Waals surface area contributed by atoms with Crippen LogP contribution in [-0.4, -0.2) is 31.5 Å². The molecule has 1 aliphatic carbocycles. The molecule has 1 aliphatic rings. The Morgan fingerprint density at radius 2 is 2.00 bits per heavy atom. The lowest BCUT2D eigenvalue weighted by Crippen LogP contribution is -2.29. The largest absolute Gasteiger partial charge is 0.368 e. The predicted molar refractivity (Wildman–Crippen MR) is 96.4 cm³/mol. The highest BCUT2D eigenvalue weighted by molar-refractivity contribution is 7.91. The number of hydrogen-bond acceptors (Lipinski definition) is 6. The van der Waals surface area contributed by atoms with Crippen LogP contribution in [0.25, 0.3) is 0 Å². The van der Waals surface area contributed by atoms with E-state index in [2.05, 4.69) is 20.0 Å².